The Labute approximate surface area is 212 Å². The van der Waals surface area contributed by atoms with Crippen LogP contribution < -0.4 is 19.9 Å². The minimum atomic E-state index is -0.653. The van der Waals surface area contributed by atoms with Gasteiger partial charge in [0, 0.05) is 27.6 Å². The molecule has 180 valence electrons. The first-order valence-electron chi connectivity index (χ1n) is 11.2. The van der Waals surface area contributed by atoms with Gasteiger partial charge in [-0.15, -0.1) is 0 Å². The second-order valence-corrected chi connectivity index (χ2v) is 8.65. The molecular weight excluding hydrogens is 480 g/mol. The van der Waals surface area contributed by atoms with Crippen molar-refractivity contribution in [3.05, 3.63) is 99.6 Å². The van der Waals surface area contributed by atoms with Crippen molar-refractivity contribution in [2.75, 3.05) is 6.61 Å². The van der Waals surface area contributed by atoms with Crippen LogP contribution in [0.5, 0.6) is 17.2 Å². The van der Waals surface area contributed by atoms with Gasteiger partial charge in [0.05, 0.1) is 12.5 Å². The third-order valence-electron chi connectivity index (χ3n) is 6.01. The number of nitrogens with zero attached hydrogens (tertiary/aromatic N) is 1. The van der Waals surface area contributed by atoms with E-state index in [9.17, 15) is 10.1 Å². The fourth-order valence-electron chi connectivity index (χ4n) is 4.31. The first-order chi connectivity index (χ1) is 17.4. The van der Waals surface area contributed by atoms with Gasteiger partial charge in [-0.25, -0.2) is 4.79 Å². The summed E-state index contributed by atoms with van der Waals surface area (Å²) >= 11 is 6.08. The first kappa shape index (κ1) is 23.3. The molecule has 0 bridgehead atoms. The number of furan rings is 1. The van der Waals surface area contributed by atoms with Crippen LogP contribution >= 0.6 is 11.6 Å². The Morgan fingerprint density at radius 3 is 2.58 bits per heavy atom. The second kappa shape index (κ2) is 9.33. The van der Waals surface area contributed by atoms with E-state index in [0.717, 1.165) is 22.3 Å². The van der Waals surface area contributed by atoms with Crippen molar-refractivity contribution in [3.8, 4) is 23.3 Å². The van der Waals surface area contributed by atoms with Gasteiger partial charge < -0.3 is 24.4 Å². The average molecular weight is 501 g/mol. The summed E-state index contributed by atoms with van der Waals surface area (Å²) in [6, 6.07) is 19.7. The topological polar surface area (TPSA) is 108 Å². The third-order valence-corrected chi connectivity index (χ3v) is 6.24. The maximum Gasteiger partial charge on any atom is 0.379 e. The van der Waals surface area contributed by atoms with Crippen LogP contribution in [0.15, 0.2) is 76.5 Å². The van der Waals surface area contributed by atoms with E-state index in [4.69, 9.17) is 36.0 Å². The van der Waals surface area contributed by atoms with Crippen LogP contribution in [0.2, 0.25) is 5.02 Å². The standard InChI is InChI=1S/C28H21ClN2O5/c1-3-33-18-7-4-16(5-8-18)25-20-10-9-19(13-24(20)36-27(31)22(25)14-30)34-28(32)26-15(2)21-12-17(29)6-11-23(21)35-26/h4-13,25H,3,31H2,1-2H3. The smallest absolute Gasteiger partial charge is 0.379 e. The van der Waals surface area contributed by atoms with Gasteiger partial charge in [0.15, 0.2) is 0 Å². The molecule has 1 atom stereocenters. The Morgan fingerprint density at radius 2 is 1.86 bits per heavy atom. The molecule has 0 saturated heterocycles. The van der Waals surface area contributed by atoms with Gasteiger partial charge >= 0.3 is 5.97 Å². The van der Waals surface area contributed by atoms with Crippen molar-refractivity contribution in [2.45, 2.75) is 19.8 Å². The molecule has 1 aliphatic heterocycles. The molecule has 0 amide bonds. The highest BCUT2D eigenvalue weighted by atomic mass is 35.5. The van der Waals surface area contributed by atoms with Crippen LogP contribution in [0.3, 0.4) is 0 Å². The fraction of sp³-hybridized carbons (Fsp3) is 0.143. The lowest BCUT2D eigenvalue weighted by atomic mass is 9.83. The molecule has 2 heterocycles. The van der Waals surface area contributed by atoms with Crippen LogP contribution in [0, 0.1) is 18.3 Å². The highest BCUT2D eigenvalue weighted by molar-refractivity contribution is 6.31. The Hall–Kier alpha value is -4.41. The number of esters is 1. The molecule has 0 spiro atoms. The van der Waals surface area contributed by atoms with Gasteiger partial charge in [-0.05, 0) is 55.8 Å². The quantitative estimate of drug-likeness (QED) is 0.255. The van der Waals surface area contributed by atoms with E-state index in [1.54, 1.807) is 43.3 Å². The van der Waals surface area contributed by atoms with Crippen LogP contribution in [0.4, 0.5) is 0 Å². The molecular formula is C28H21ClN2O5. The summed E-state index contributed by atoms with van der Waals surface area (Å²) in [5, 5.41) is 11.1. The monoisotopic (exact) mass is 500 g/mol. The van der Waals surface area contributed by atoms with Crippen LogP contribution in [-0.2, 0) is 0 Å². The normalized spacial score (nSPS) is 14.7. The summed E-state index contributed by atoms with van der Waals surface area (Å²) in [6.07, 6.45) is 0. The Kier molecular flexibility index (Phi) is 6.05. The molecule has 2 N–H and O–H groups in total. The molecule has 0 fully saturated rings. The number of hydrogen-bond donors (Lipinski definition) is 1. The molecule has 1 aromatic heterocycles. The summed E-state index contributed by atoms with van der Waals surface area (Å²) < 4.78 is 22.6. The highest BCUT2D eigenvalue weighted by Gasteiger charge is 2.31. The van der Waals surface area contributed by atoms with Crippen LogP contribution in [0.25, 0.3) is 11.0 Å². The minimum absolute atomic E-state index is 0.00244. The van der Waals surface area contributed by atoms with Gasteiger partial charge in [-0.2, -0.15) is 5.26 Å². The number of benzene rings is 3. The van der Waals surface area contributed by atoms with E-state index in [0.29, 0.717) is 34.1 Å². The lowest BCUT2D eigenvalue weighted by Crippen LogP contribution is -2.21. The predicted molar refractivity (Wildman–Crippen MR) is 134 cm³/mol. The summed E-state index contributed by atoms with van der Waals surface area (Å²) in [5.74, 6) is 0.358. The SMILES string of the molecule is CCOc1ccc(C2C(C#N)=C(N)Oc3cc(OC(=O)c4oc5ccc(Cl)cc5c4C)ccc32)cc1. The zero-order valence-electron chi connectivity index (χ0n) is 19.5. The van der Waals surface area contributed by atoms with Crippen molar-refractivity contribution in [3.63, 3.8) is 0 Å². The number of hydrogen-bond acceptors (Lipinski definition) is 7. The van der Waals surface area contributed by atoms with Gasteiger partial charge in [0.25, 0.3) is 0 Å². The van der Waals surface area contributed by atoms with Crippen molar-refractivity contribution in [1.82, 2.24) is 0 Å². The number of allylic oxidation sites excluding steroid dienone is 1. The van der Waals surface area contributed by atoms with E-state index < -0.39 is 11.9 Å². The van der Waals surface area contributed by atoms with Crippen LogP contribution in [-0.4, -0.2) is 12.6 Å². The molecule has 8 heteroatoms. The van der Waals surface area contributed by atoms with E-state index in [1.165, 1.54) is 0 Å². The fourth-order valence-corrected chi connectivity index (χ4v) is 4.48. The Bertz CT molecular complexity index is 1560. The molecule has 5 rings (SSSR count). The van der Waals surface area contributed by atoms with E-state index in [1.807, 2.05) is 31.2 Å². The minimum Gasteiger partial charge on any atom is -0.494 e. The summed E-state index contributed by atoms with van der Waals surface area (Å²) in [6.45, 7) is 4.24. The zero-order valence-corrected chi connectivity index (χ0v) is 20.3. The molecule has 7 nitrogen and oxygen atoms in total. The van der Waals surface area contributed by atoms with E-state index in [-0.39, 0.29) is 17.4 Å². The largest absolute Gasteiger partial charge is 0.494 e. The average Bonchev–Trinajstić information content (AvgIpc) is 3.19. The van der Waals surface area contributed by atoms with Crippen molar-refractivity contribution < 1.29 is 23.4 Å². The molecule has 4 aromatic rings. The number of ether oxygens (including phenoxy) is 3. The van der Waals surface area contributed by atoms with Crippen molar-refractivity contribution in [2.24, 2.45) is 5.73 Å². The number of aryl methyl sites for hydroxylation is 1. The predicted octanol–water partition coefficient (Wildman–Crippen LogP) is 6.23. The Morgan fingerprint density at radius 1 is 1.11 bits per heavy atom. The van der Waals surface area contributed by atoms with Gasteiger partial charge in [-0.3, -0.25) is 0 Å². The number of carbonyl (C=O) groups is 1. The summed E-state index contributed by atoms with van der Waals surface area (Å²) in [7, 11) is 0. The number of nitriles is 1. The highest BCUT2D eigenvalue weighted by Crippen LogP contribution is 2.43. The van der Waals surface area contributed by atoms with Crippen molar-refractivity contribution >= 4 is 28.5 Å². The van der Waals surface area contributed by atoms with E-state index in [2.05, 4.69) is 6.07 Å². The molecule has 0 aliphatic carbocycles. The van der Waals surface area contributed by atoms with Gasteiger partial charge in [0.2, 0.25) is 11.6 Å². The van der Waals surface area contributed by atoms with Crippen molar-refractivity contribution in [1.29, 1.82) is 5.26 Å². The number of halogens is 1. The maximum atomic E-state index is 12.9. The second-order valence-electron chi connectivity index (χ2n) is 8.21. The lowest BCUT2D eigenvalue weighted by molar-refractivity contribution is 0.0702. The zero-order chi connectivity index (χ0) is 25.4. The number of carbonyl (C=O) groups excluding carboxylic acids is 1. The number of rotatable bonds is 5. The molecule has 1 aliphatic rings. The molecule has 3 aromatic carbocycles. The molecule has 1 unspecified atom stereocenters. The lowest BCUT2D eigenvalue weighted by Gasteiger charge is -2.26. The molecule has 36 heavy (non-hydrogen) atoms. The molecule has 0 saturated carbocycles. The van der Waals surface area contributed by atoms with Gasteiger partial charge in [-0.1, -0.05) is 29.8 Å². The Balaban J connectivity index is 1.46. The first-order valence-corrected chi connectivity index (χ1v) is 11.6. The van der Waals surface area contributed by atoms with E-state index >= 15 is 0 Å². The maximum absolute atomic E-state index is 12.9. The van der Waals surface area contributed by atoms with Crippen LogP contribution in [0.1, 0.15) is 40.1 Å². The third kappa shape index (κ3) is 4.12. The summed E-state index contributed by atoms with van der Waals surface area (Å²) in [4.78, 5) is 12.9. The number of fused-ring (bicyclic) bond motifs is 2. The number of nitrogens with two attached hydrogens (primary N) is 1. The van der Waals surface area contributed by atoms with Gasteiger partial charge in [0.1, 0.15) is 34.5 Å². The summed E-state index contributed by atoms with van der Waals surface area (Å²) in [5.41, 5.74) is 9.15. The molecule has 0 radical (unpaired) electrons.